The van der Waals surface area contributed by atoms with Crippen LogP contribution in [0.2, 0.25) is 5.02 Å². The first-order chi connectivity index (χ1) is 10.5. The first-order valence-electron chi connectivity index (χ1n) is 6.88. The van der Waals surface area contributed by atoms with Gasteiger partial charge in [-0.2, -0.15) is 0 Å². The smallest absolute Gasteiger partial charge is 0.244 e. The third-order valence-electron chi connectivity index (χ3n) is 3.32. The van der Waals surface area contributed by atoms with Crippen molar-refractivity contribution in [1.82, 2.24) is 4.72 Å². The summed E-state index contributed by atoms with van der Waals surface area (Å²) in [5, 5.41) is 0.342. The van der Waals surface area contributed by atoms with Gasteiger partial charge in [0.15, 0.2) is 0 Å². The Balaban J connectivity index is 2.37. The van der Waals surface area contributed by atoms with Crippen LogP contribution < -0.4 is 9.46 Å². The number of methoxy groups -OCH3 is 1. The number of benzene rings is 2. The molecule has 4 nitrogen and oxygen atoms in total. The first kappa shape index (κ1) is 16.8. The Bertz CT molecular complexity index is 732. The van der Waals surface area contributed by atoms with Crippen molar-refractivity contribution in [2.24, 2.45) is 0 Å². The molecule has 1 N–H and O–H groups in total. The minimum atomic E-state index is -3.74. The Kier molecular flexibility index (Phi) is 5.45. The van der Waals surface area contributed by atoms with Crippen LogP contribution in [0.1, 0.15) is 24.9 Å². The number of hydrogen-bond donors (Lipinski definition) is 1. The molecule has 1 atom stereocenters. The molecule has 2 aromatic rings. The highest BCUT2D eigenvalue weighted by Crippen LogP contribution is 2.29. The van der Waals surface area contributed by atoms with Gasteiger partial charge in [0.1, 0.15) is 10.6 Å². The molecule has 0 heterocycles. The standard InChI is InChI=1S/C16H18ClNO3S/c1-3-14(12-7-5-4-6-8-12)18-22(19,20)16-11-13(17)9-10-15(16)21-2/h4-11,14,18H,3H2,1-2H3. The lowest BCUT2D eigenvalue weighted by Crippen LogP contribution is -2.28. The van der Waals surface area contributed by atoms with Crippen LogP contribution in [0, 0.1) is 0 Å². The van der Waals surface area contributed by atoms with Gasteiger partial charge in [-0.25, -0.2) is 13.1 Å². The monoisotopic (exact) mass is 339 g/mol. The zero-order valence-electron chi connectivity index (χ0n) is 12.4. The molecule has 0 bridgehead atoms. The highest BCUT2D eigenvalue weighted by Gasteiger charge is 2.24. The molecule has 0 fully saturated rings. The van der Waals surface area contributed by atoms with Gasteiger partial charge in [0.25, 0.3) is 0 Å². The fourth-order valence-corrected chi connectivity index (χ4v) is 3.92. The van der Waals surface area contributed by atoms with Crippen molar-refractivity contribution in [2.45, 2.75) is 24.3 Å². The van der Waals surface area contributed by atoms with Crippen molar-refractivity contribution in [3.63, 3.8) is 0 Å². The second-order valence-electron chi connectivity index (χ2n) is 4.79. The van der Waals surface area contributed by atoms with Crippen LogP contribution in [0.3, 0.4) is 0 Å². The average molecular weight is 340 g/mol. The second-order valence-corrected chi connectivity index (χ2v) is 6.91. The van der Waals surface area contributed by atoms with Crippen LogP contribution in [0.5, 0.6) is 5.75 Å². The van der Waals surface area contributed by atoms with Crippen molar-refractivity contribution in [1.29, 1.82) is 0 Å². The van der Waals surface area contributed by atoms with Crippen LogP contribution in [-0.4, -0.2) is 15.5 Å². The van der Waals surface area contributed by atoms with E-state index in [0.29, 0.717) is 11.4 Å². The Hall–Kier alpha value is -1.56. The summed E-state index contributed by atoms with van der Waals surface area (Å²) >= 11 is 5.92. The second kappa shape index (κ2) is 7.13. The summed E-state index contributed by atoms with van der Waals surface area (Å²) in [7, 11) is -2.32. The van der Waals surface area contributed by atoms with Crippen LogP contribution in [0.4, 0.5) is 0 Å². The molecule has 0 aromatic heterocycles. The SMILES string of the molecule is CCC(NS(=O)(=O)c1cc(Cl)ccc1OC)c1ccccc1. The molecule has 0 saturated heterocycles. The number of rotatable bonds is 6. The molecule has 2 aromatic carbocycles. The lowest BCUT2D eigenvalue weighted by Gasteiger charge is -2.18. The maximum atomic E-state index is 12.7. The summed E-state index contributed by atoms with van der Waals surface area (Å²) in [6.45, 7) is 1.93. The molecule has 0 aliphatic carbocycles. The largest absolute Gasteiger partial charge is 0.495 e. The molecule has 0 radical (unpaired) electrons. The van der Waals surface area contributed by atoms with Gasteiger partial charge in [0, 0.05) is 11.1 Å². The topological polar surface area (TPSA) is 55.4 Å². The average Bonchev–Trinajstić information content (AvgIpc) is 2.53. The third kappa shape index (κ3) is 3.80. The molecule has 2 rings (SSSR count). The lowest BCUT2D eigenvalue weighted by molar-refractivity contribution is 0.402. The zero-order valence-corrected chi connectivity index (χ0v) is 14.0. The summed E-state index contributed by atoms with van der Waals surface area (Å²) in [6.07, 6.45) is 0.631. The minimum Gasteiger partial charge on any atom is -0.495 e. The molecule has 0 amide bonds. The molecule has 1 unspecified atom stereocenters. The first-order valence-corrected chi connectivity index (χ1v) is 8.75. The van der Waals surface area contributed by atoms with E-state index in [1.54, 1.807) is 12.1 Å². The molecule has 22 heavy (non-hydrogen) atoms. The van der Waals surface area contributed by atoms with E-state index in [1.807, 2.05) is 37.3 Å². The van der Waals surface area contributed by atoms with E-state index in [-0.39, 0.29) is 16.7 Å². The highest BCUT2D eigenvalue weighted by atomic mass is 35.5. The van der Waals surface area contributed by atoms with Gasteiger partial charge in [-0.15, -0.1) is 0 Å². The van der Waals surface area contributed by atoms with Crippen molar-refractivity contribution in [2.75, 3.05) is 7.11 Å². The van der Waals surface area contributed by atoms with Crippen molar-refractivity contribution < 1.29 is 13.2 Å². The summed E-state index contributed by atoms with van der Waals surface area (Å²) in [6, 6.07) is 13.7. The lowest BCUT2D eigenvalue weighted by atomic mass is 10.1. The molecule has 118 valence electrons. The fourth-order valence-electron chi connectivity index (χ4n) is 2.18. The van der Waals surface area contributed by atoms with Gasteiger partial charge in [-0.3, -0.25) is 0 Å². The van der Waals surface area contributed by atoms with E-state index in [0.717, 1.165) is 5.56 Å². The summed E-state index contributed by atoms with van der Waals surface area (Å²) in [5.74, 6) is 0.264. The highest BCUT2D eigenvalue weighted by molar-refractivity contribution is 7.89. The van der Waals surface area contributed by atoms with Gasteiger partial charge in [-0.05, 0) is 30.2 Å². The van der Waals surface area contributed by atoms with Crippen LogP contribution >= 0.6 is 11.6 Å². The Morgan fingerprint density at radius 1 is 1.18 bits per heavy atom. The van der Waals surface area contributed by atoms with E-state index in [2.05, 4.69) is 4.72 Å². The maximum absolute atomic E-state index is 12.7. The van der Waals surface area contributed by atoms with Crippen LogP contribution in [0.15, 0.2) is 53.4 Å². The van der Waals surface area contributed by atoms with Crippen molar-refractivity contribution in [3.05, 3.63) is 59.1 Å². The minimum absolute atomic E-state index is 0.0388. The molecule has 6 heteroatoms. The number of hydrogen-bond acceptors (Lipinski definition) is 3. The van der Waals surface area contributed by atoms with Gasteiger partial charge < -0.3 is 4.74 Å². The number of sulfonamides is 1. The van der Waals surface area contributed by atoms with Gasteiger partial charge in [0.2, 0.25) is 10.0 Å². The van der Waals surface area contributed by atoms with Gasteiger partial charge in [0.05, 0.1) is 7.11 Å². The van der Waals surface area contributed by atoms with E-state index < -0.39 is 10.0 Å². The predicted octanol–water partition coefficient (Wildman–Crippen LogP) is 3.78. The number of halogens is 1. The van der Waals surface area contributed by atoms with Crippen LogP contribution in [-0.2, 0) is 10.0 Å². The molecular weight excluding hydrogens is 322 g/mol. The fraction of sp³-hybridized carbons (Fsp3) is 0.250. The van der Waals surface area contributed by atoms with Crippen molar-refractivity contribution in [3.8, 4) is 5.75 Å². The van der Waals surface area contributed by atoms with E-state index >= 15 is 0 Å². The third-order valence-corrected chi connectivity index (χ3v) is 5.05. The quantitative estimate of drug-likeness (QED) is 0.871. The Morgan fingerprint density at radius 3 is 2.45 bits per heavy atom. The van der Waals surface area contributed by atoms with E-state index in [9.17, 15) is 8.42 Å². The van der Waals surface area contributed by atoms with Crippen molar-refractivity contribution >= 4 is 21.6 Å². The molecular formula is C16H18ClNO3S. The Labute approximate surface area is 136 Å². The molecule has 0 aliphatic rings. The number of nitrogens with one attached hydrogen (secondary N) is 1. The molecule has 0 saturated carbocycles. The maximum Gasteiger partial charge on any atom is 0.244 e. The normalized spacial score (nSPS) is 12.9. The van der Waals surface area contributed by atoms with Gasteiger partial charge in [-0.1, -0.05) is 48.9 Å². The summed E-state index contributed by atoms with van der Waals surface area (Å²) in [5.41, 5.74) is 0.912. The summed E-state index contributed by atoms with van der Waals surface area (Å²) in [4.78, 5) is 0.0388. The molecule has 0 spiro atoms. The van der Waals surface area contributed by atoms with E-state index in [4.69, 9.17) is 16.3 Å². The van der Waals surface area contributed by atoms with Gasteiger partial charge >= 0.3 is 0 Å². The zero-order chi connectivity index (χ0) is 16.2. The molecule has 0 aliphatic heterocycles. The van der Waals surface area contributed by atoms with E-state index in [1.165, 1.54) is 13.2 Å². The summed E-state index contributed by atoms with van der Waals surface area (Å²) < 4.78 is 33.2. The Morgan fingerprint density at radius 2 is 1.86 bits per heavy atom. The van der Waals surface area contributed by atoms with Crippen LogP contribution in [0.25, 0.3) is 0 Å². The predicted molar refractivity (Wildman–Crippen MR) is 87.8 cm³/mol. The number of ether oxygens (including phenoxy) is 1.